The van der Waals surface area contributed by atoms with Crippen LogP contribution < -0.4 is 4.74 Å². The zero-order valence-electron chi connectivity index (χ0n) is 7.19. The predicted molar refractivity (Wildman–Crippen MR) is 50.7 cm³/mol. The Morgan fingerprint density at radius 1 is 1.43 bits per heavy atom. The summed E-state index contributed by atoms with van der Waals surface area (Å²) in [6, 6.07) is 5.67. The molecular weight excluding hydrogens is 226 g/mol. The standard InChI is InChI=1S/C8H6ClNO3S/c1-13-7-2-6(5-10)3-8(4-7)14(9,11)12/h2-4H,1H3. The second-order valence-electron chi connectivity index (χ2n) is 2.45. The van der Waals surface area contributed by atoms with Gasteiger partial charge in [-0.15, -0.1) is 0 Å². The van der Waals surface area contributed by atoms with Gasteiger partial charge in [-0.05, 0) is 12.1 Å². The first-order valence-electron chi connectivity index (χ1n) is 3.51. The van der Waals surface area contributed by atoms with E-state index in [9.17, 15) is 8.42 Å². The molecule has 0 heterocycles. The van der Waals surface area contributed by atoms with Crippen molar-refractivity contribution >= 4 is 19.7 Å². The summed E-state index contributed by atoms with van der Waals surface area (Å²) in [6.45, 7) is 0. The van der Waals surface area contributed by atoms with Crippen LogP contribution >= 0.6 is 10.7 Å². The topological polar surface area (TPSA) is 67.2 Å². The fourth-order valence-electron chi connectivity index (χ4n) is 0.895. The van der Waals surface area contributed by atoms with Crippen LogP contribution in [0.3, 0.4) is 0 Å². The Kier molecular flexibility index (Phi) is 2.99. The minimum Gasteiger partial charge on any atom is -0.497 e. The largest absolute Gasteiger partial charge is 0.497 e. The molecule has 0 saturated heterocycles. The monoisotopic (exact) mass is 231 g/mol. The van der Waals surface area contributed by atoms with Crippen LogP contribution in [-0.4, -0.2) is 15.5 Å². The summed E-state index contributed by atoms with van der Waals surface area (Å²) in [6.07, 6.45) is 0. The van der Waals surface area contributed by atoms with Crippen molar-refractivity contribution in [1.29, 1.82) is 5.26 Å². The first kappa shape index (κ1) is 10.8. The minimum absolute atomic E-state index is 0.143. The van der Waals surface area contributed by atoms with Gasteiger partial charge in [0.05, 0.1) is 23.6 Å². The first-order valence-corrected chi connectivity index (χ1v) is 5.82. The van der Waals surface area contributed by atoms with E-state index in [2.05, 4.69) is 0 Å². The molecule has 0 amide bonds. The molecule has 0 atom stereocenters. The lowest BCUT2D eigenvalue weighted by Crippen LogP contribution is -1.93. The Balaban J connectivity index is 3.41. The lowest BCUT2D eigenvalue weighted by molar-refractivity contribution is 0.413. The average Bonchev–Trinajstić information content (AvgIpc) is 2.15. The van der Waals surface area contributed by atoms with E-state index in [4.69, 9.17) is 20.7 Å². The second-order valence-corrected chi connectivity index (χ2v) is 5.01. The highest BCUT2D eigenvalue weighted by Crippen LogP contribution is 2.22. The van der Waals surface area contributed by atoms with Gasteiger partial charge in [0.1, 0.15) is 5.75 Å². The Bertz CT molecular complexity index is 490. The number of hydrogen-bond donors (Lipinski definition) is 0. The van der Waals surface area contributed by atoms with Crippen molar-refractivity contribution in [2.75, 3.05) is 7.11 Å². The molecule has 0 aromatic heterocycles. The van der Waals surface area contributed by atoms with E-state index in [-0.39, 0.29) is 16.2 Å². The van der Waals surface area contributed by atoms with Gasteiger partial charge in [-0.3, -0.25) is 0 Å². The molecule has 0 aliphatic carbocycles. The van der Waals surface area contributed by atoms with E-state index in [0.29, 0.717) is 0 Å². The quantitative estimate of drug-likeness (QED) is 0.724. The fourth-order valence-corrected chi connectivity index (χ4v) is 1.69. The van der Waals surface area contributed by atoms with Crippen molar-refractivity contribution < 1.29 is 13.2 Å². The number of rotatable bonds is 2. The van der Waals surface area contributed by atoms with Crippen LogP contribution in [0.4, 0.5) is 0 Å². The predicted octanol–water partition coefficient (Wildman–Crippen LogP) is 1.49. The molecule has 1 aromatic rings. The number of nitriles is 1. The molecule has 14 heavy (non-hydrogen) atoms. The summed E-state index contributed by atoms with van der Waals surface area (Å²) in [5.41, 5.74) is 0.184. The number of hydrogen-bond acceptors (Lipinski definition) is 4. The first-order chi connectivity index (χ1) is 6.47. The van der Waals surface area contributed by atoms with Gasteiger partial charge in [0.25, 0.3) is 9.05 Å². The zero-order chi connectivity index (χ0) is 10.8. The summed E-state index contributed by atoms with van der Waals surface area (Å²) < 4.78 is 26.8. The molecule has 0 aliphatic rings. The van der Waals surface area contributed by atoms with Crippen molar-refractivity contribution in [3.05, 3.63) is 23.8 Å². The van der Waals surface area contributed by atoms with Crippen LogP contribution in [0.1, 0.15) is 5.56 Å². The Morgan fingerprint density at radius 3 is 2.50 bits per heavy atom. The Morgan fingerprint density at radius 2 is 2.07 bits per heavy atom. The molecule has 1 aromatic carbocycles. The normalized spacial score (nSPS) is 10.6. The molecular formula is C8H6ClNO3S. The zero-order valence-corrected chi connectivity index (χ0v) is 8.76. The van der Waals surface area contributed by atoms with Crippen LogP contribution in [0.2, 0.25) is 0 Å². The molecule has 0 saturated carbocycles. The molecule has 1 rings (SSSR count). The van der Waals surface area contributed by atoms with Gasteiger partial charge in [0.2, 0.25) is 0 Å². The van der Waals surface area contributed by atoms with Gasteiger partial charge >= 0.3 is 0 Å². The van der Waals surface area contributed by atoms with Gasteiger partial charge in [-0.2, -0.15) is 5.26 Å². The van der Waals surface area contributed by atoms with Crippen molar-refractivity contribution in [2.45, 2.75) is 4.90 Å². The van der Waals surface area contributed by atoms with Crippen LogP contribution in [0.25, 0.3) is 0 Å². The number of ether oxygens (including phenoxy) is 1. The summed E-state index contributed by atoms with van der Waals surface area (Å²) in [5.74, 6) is 0.281. The van der Waals surface area contributed by atoms with Crippen LogP contribution in [0.5, 0.6) is 5.75 Å². The summed E-state index contributed by atoms with van der Waals surface area (Å²) in [5, 5.41) is 8.60. The van der Waals surface area contributed by atoms with Gasteiger partial charge in [-0.25, -0.2) is 8.42 Å². The third-order valence-electron chi connectivity index (χ3n) is 1.53. The summed E-state index contributed by atoms with van der Waals surface area (Å²) >= 11 is 0. The third-order valence-corrected chi connectivity index (χ3v) is 2.86. The Hall–Kier alpha value is -1.25. The van der Waals surface area contributed by atoms with E-state index in [0.717, 1.165) is 0 Å². The maximum Gasteiger partial charge on any atom is 0.261 e. The van der Waals surface area contributed by atoms with E-state index in [1.807, 2.05) is 6.07 Å². The maximum absolute atomic E-state index is 11.0. The molecule has 0 bridgehead atoms. The molecule has 6 heteroatoms. The van der Waals surface area contributed by atoms with Crippen LogP contribution in [0.15, 0.2) is 23.1 Å². The molecule has 4 nitrogen and oxygen atoms in total. The van der Waals surface area contributed by atoms with Gasteiger partial charge in [-0.1, -0.05) is 0 Å². The highest BCUT2D eigenvalue weighted by Gasteiger charge is 2.12. The maximum atomic E-state index is 11.0. The number of halogens is 1. The second kappa shape index (κ2) is 3.86. The van der Waals surface area contributed by atoms with Gasteiger partial charge in [0.15, 0.2) is 0 Å². The van der Waals surface area contributed by atoms with Crippen molar-refractivity contribution in [2.24, 2.45) is 0 Å². The lowest BCUT2D eigenvalue weighted by Gasteiger charge is -2.02. The average molecular weight is 232 g/mol. The number of nitrogens with zero attached hydrogens (tertiary/aromatic N) is 1. The minimum atomic E-state index is -3.83. The van der Waals surface area contributed by atoms with Crippen molar-refractivity contribution in [1.82, 2.24) is 0 Å². The van der Waals surface area contributed by atoms with Gasteiger partial charge < -0.3 is 4.74 Å². The SMILES string of the molecule is COc1cc(C#N)cc(S(=O)(=O)Cl)c1. The van der Waals surface area contributed by atoms with E-state index in [1.165, 1.54) is 25.3 Å². The smallest absolute Gasteiger partial charge is 0.261 e. The number of benzene rings is 1. The fraction of sp³-hybridized carbons (Fsp3) is 0.125. The summed E-state index contributed by atoms with van der Waals surface area (Å²) in [4.78, 5) is -0.143. The molecule has 74 valence electrons. The highest BCUT2D eigenvalue weighted by molar-refractivity contribution is 8.13. The molecule has 0 radical (unpaired) electrons. The van der Waals surface area contributed by atoms with Crippen molar-refractivity contribution in [3.63, 3.8) is 0 Å². The Labute approximate surface area is 86.1 Å². The molecule has 0 spiro atoms. The van der Waals surface area contributed by atoms with Gasteiger partial charge in [0, 0.05) is 16.7 Å². The van der Waals surface area contributed by atoms with Crippen molar-refractivity contribution in [3.8, 4) is 11.8 Å². The molecule has 0 N–H and O–H groups in total. The molecule has 0 fully saturated rings. The lowest BCUT2D eigenvalue weighted by atomic mass is 10.2. The highest BCUT2D eigenvalue weighted by atomic mass is 35.7. The van der Waals surface area contributed by atoms with E-state index < -0.39 is 9.05 Å². The van der Waals surface area contributed by atoms with E-state index in [1.54, 1.807) is 0 Å². The molecule has 0 aliphatic heterocycles. The van der Waals surface area contributed by atoms with E-state index >= 15 is 0 Å². The van der Waals surface area contributed by atoms with Crippen LogP contribution in [-0.2, 0) is 9.05 Å². The number of methoxy groups -OCH3 is 1. The third kappa shape index (κ3) is 2.37. The summed E-state index contributed by atoms with van der Waals surface area (Å²) in [7, 11) is 2.67. The molecule has 0 unspecified atom stereocenters. The van der Waals surface area contributed by atoms with Crippen LogP contribution in [0, 0.1) is 11.3 Å².